The Morgan fingerprint density at radius 1 is 1.69 bits per heavy atom. The number of nitro groups is 1. The summed E-state index contributed by atoms with van der Waals surface area (Å²) in [5.74, 6) is 0.413. The highest BCUT2D eigenvalue weighted by molar-refractivity contribution is 4.99. The highest BCUT2D eigenvalue weighted by Crippen LogP contribution is 2.03. The summed E-state index contributed by atoms with van der Waals surface area (Å²) in [5, 5.41) is 13.1. The fourth-order valence-corrected chi connectivity index (χ4v) is 1.19. The van der Waals surface area contributed by atoms with E-state index in [9.17, 15) is 10.1 Å². The van der Waals surface area contributed by atoms with Gasteiger partial charge < -0.3 is 10.2 Å². The third-order valence-electron chi connectivity index (χ3n) is 1.91. The Morgan fingerprint density at radius 3 is 2.94 bits per heavy atom. The summed E-state index contributed by atoms with van der Waals surface area (Å²) >= 11 is 0. The van der Waals surface area contributed by atoms with Crippen LogP contribution in [0.25, 0.3) is 0 Å². The molecule has 0 fully saturated rings. The van der Waals surface area contributed by atoms with Gasteiger partial charge in [-0.25, -0.2) is 0 Å². The van der Waals surface area contributed by atoms with E-state index in [1.54, 1.807) is 37.6 Å². The largest absolute Gasteiger partial charge is 0.370 e. The summed E-state index contributed by atoms with van der Waals surface area (Å²) in [4.78, 5) is 19.6. The summed E-state index contributed by atoms with van der Waals surface area (Å²) in [6.45, 7) is 0.453. The molecule has 0 bridgehead atoms. The van der Waals surface area contributed by atoms with Crippen LogP contribution in [0.5, 0.6) is 0 Å². The van der Waals surface area contributed by atoms with Gasteiger partial charge in [-0.3, -0.25) is 20.1 Å². The van der Waals surface area contributed by atoms with Gasteiger partial charge in [0.05, 0.1) is 23.4 Å². The van der Waals surface area contributed by atoms with Crippen LogP contribution < -0.4 is 5.32 Å². The molecule has 86 valence electrons. The van der Waals surface area contributed by atoms with E-state index in [2.05, 4.69) is 15.3 Å². The van der Waals surface area contributed by atoms with Crippen molar-refractivity contribution < 1.29 is 4.92 Å². The maximum Gasteiger partial charge on any atom is 0.274 e. The predicted molar refractivity (Wildman–Crippen MR) is 57.6 cm³/mol. The zero-order valence-electron chi connectivity index (χ0n) is 9.12. The Labute approximate surface area is 93.0 Å². The minimum absolute atomic E-state index is 0.413. The van der Waals surface area contributed by atoms with E-state index in [1.807, 2.05) is 0 Å². The Morgan fingerprint density at radius 2 is 2.44 bits per heavy atom. The van der Waals surface area contributed by atoms with Crippen molar-refractivity contribution >= 4 is 0 Å². The number of hydrogen-bond donors (Lipinski definition) is 1. The van der Waals surface area contributed by atoms with Crippen LogP contribution in [0, 0.1) is 10.1 Å². The fraction of sp³-hybridized carbons (Fsp3) is 0.333. The Balaban J connectivity index is 2.70. The van der Waals surface area contributed by atoms with Crippen molar-refractivity contribution in [1.29, 1.82) is 0 Å². The summed E-state index contributed by atoms with van der Waals surface area (Å²) in [6.07, 6.45) is 5.70. The third kappa shape index (κ3) is 3.52. The van der Waals surface area contributed by atoms with Crippen molar-refractivity contribution in [2.24, 2.45) is 0 Å². The zero-order valence-corrected chi connectivity index (χ0v) is 9.12. The molecule has 1 aromatic rings. The van der Waals surface area contributed by atoms with Crippen molar-refractivity contribution in [2.45, 2.75) is 6.54 Å². The molecule has 0 saturated carbocycles. The van der Waals surface area contributed by atoms with Gasteiger partial charge in [0.25, 0.3) is 6.20 Å². The van der Waals surface area contributed by atoms with Gasteiger partial charge in [-0.2, -0.15) is 0 Å². The summed E-state index contributed by atoms with van der Waals surface area (Å²) in [5.41, 5.74) is 0.745. The molecule has 0 aliphatic rings. The normalized spacial score (nSPS) is 11.0. The van der Waals surface area contributed by atoms with Gasteiger partial charge >= 0.3 is 0 Å². The molecule has 0 aliphatic heterocycles. The smallest absolute Gasteiger partial charge is 0.274 e. The molecule has 0 spiro atoms. The van der Waals surface area contributed by atoms with E-state index in [1.165, 1.54) is 0 Å². The molecule has 16 heavy (non-hydrogen) atoms. The molecule has 1 heterocycles. The molecule has 1 aromatic heterocycles. The van der Waals surface area contributed by atoms with E-state index in [0.717, 1.165) is 11.9 Å². The predicted octanol–water partition coefficient (Wildman–Crippen LogP) is 0.203. The maximum atomic E-state index is 10.4. The second kappa shape index (κ2) is 5.64. The van der Waals surface area contributed by atoms with Crippen molar-refractivity contribution in [3.63, 3.8) is 0 Å². The molecule has 0 atom stereocenters. The van der Waals surface area contributed by atoms with E-state index >= 15 is 0 Å². The molecule has 7 heteroatoms. The Hall–Kier alpha value is -2.18. The summed E-state index contributed by atoms with van der Waals surface area (Å²) in [7, 11) is 3.36. The van der Waals surface area contributed by atoms with Crippen LogP contribution in [0.1, 0.15) is 5.69 Å². The van der Waals surface area contributed by atoms with Gasteiger partial charge in [0, 0.05) is 26.5 Å². The lowest BCUT2D eigenvalue weighted by Gasteiger charge is -2.19. The zero-order chi connectivity index (χ0) is 12.0. The lowest BCUT2D eigenvalue weighted by molar-refractivity contribution is -0.404. The highest BCUT2D eigenvalue weighted by Gasteiger charge is 2.08. The van der Waals surface area contributed by atoms with E-state index in [0.29, 0.717) is 12.4 Å². The molecule has 0 saturated heterocycles. The average molecular weight is 223 g/mol. The first-order chi connectivity index (χ1) is 7.63. The van der Waals surface area contributed by atoms with Crippen LogP contribution in [-0.2, 0) is 6.54 Å². The monoisotopic (exact) mass is 223 g/mol. The molecular formula is C9H13N5O2. The molecular weight excluding hydrogens is 210 g/mol. The van der Waals surface area contributed by atoms with Crippen molar-refractivity contribution in [2.75, 3.05) is 14.1 Å². The minimum atomic E-state index is -0.501. The first-order valence-electron chi connectivity index (χ1n) is 4.62. The molecule has 0 amide bonds. The molecule has 1 rings (SSSR count). The first-order valence-corrected chi connectivity index (χ1v) is 4.62. The number of nitrogens with one attached hydrogen (secondary N) is 1. The lowest BCUT2D eigenvalue weighted by atomic mass is 10.4. The lowest BCUT2D eigenvalue weighted by Crippen LogP contribution is -2.27. The molecule has 0 unspecified atom stereocenters. The maximum absolute atomic E-state index is 10.4. The number of rotatable bonds is 5. The first kappa shape index (κ1) is 11.9. The molecule has 0 aliphatic carbocycles. The van der Waals surface area contributed by atoms with Crippen LogP contribution in [0.15, 0.2) is 30.6 Å². The van der Waals surface area contributed by atoms with E-state index in [4.69, 9.17) is 0 Å². The van der Waals surface area contributed by atoms with Crippen LogP contribution >= 0.6 is 0 Å². The minimum Gasteiger partial charge on any atom is -0.370 e. The molecule has 0 aromatic carbocycles. The summed E-state index contributed by atoms with van der Waals surface area (Å²) < 4.78 is 0. The number of hydrogen-bond acceptors (Lipinski definition) is 6. The van der Waals surface area contributed by atoms with Crippen LogP contribution in [0.2, 0.25) is 0 Å². The SMILES string of the molecule is CNC(=C[N+](=O)[O-])N(C)Cc1cnccn1. The van der Waals surface area contributed by atoms with Crippen LogP contribution in [-0.4, -0.2) is 33.9 Å². The van der Waals surface area contributed by atoms with Crippen molar-refractivity contribution in [3.8, 4) is 0 Å². The average Bonchev–Trinajstić information content (AvgIpc) is 2.26. The van der Waals surface area contributed by atoms with Crippen LogP contribution in [0.3, 0.4) is 0 Å². The van der Waals surface area contributed by atoms with Gasteiger partial charge in [-0.1, -0.05) is 0 Å². The quantitative estimate of drug-likeness (QED) is 0.567. The second-order valence-corrected chi connectivity index (χ2v) is 3.10. The standard InChI is InChI=1S/C9H13N5O2/c1-10-9(7-14(15)16)13(2)6-8-5-11-3-4-12-8/h3-5,7,10H,6H2,1-2H3. The van der Waals surface area contributed by atoms with Crippen molar-refractivity contribution in [3.05, 3.63) is 46.4 Å². The fourth-order valence-electron chi connectivity index (χ4n) is 1.19. The van der Waals surface area contributed by atoms with E-state index < -0.39 is 4.92 Å². The van der Waals surface area contributed by atoms with Gasteiger partial charge in [0.2, 0.25) is 0 Å². The van der Waals surface area contributed by atoms with Gasteiger partial charge in [0.1, 0.15) is 0 Å². The highest BCUT2D eigenvalue weighted by atomic mass is 16.6. The van der Waals surface area contributed by atoms with Crippen molar-refractivity contribution in [1.82, 2.24) is 20.2 Å². The number of nitrogens with zero attached hydrogens (tertiary/aromatic N) is 4. The Bertz CT molecular complexity index is 379. The van der Waals surface area contributed by atoms with Crippen LogP contribution in [0.4, 0.5) is 0 Å². The van der Waals surface area contributed by atoms with E-state index in [-0.39, 0.29) is 0 Å². The topological polar surface area (TPSA) is 84.2 Å². The number of aromatic nitrogens is 2. The Kier molecular flexibility index (Phi) is 4.19. The van der Waals surface area contributed by atoms with Gasteiger partial charge in [-0.05, 0) is 0 Å². The molecule has 7 nitrogen and oxygen atoms in total. The summed E-state index contributed by atoms with van der Waals surface area (Å²) in [6, 6.07) is 0. The molecule has 0 radical (unpaired) electrons. The van der Waals surface area contributed by atoms with Gasteiger partial charge in [-0.15, -0.1) is 0 Å². The second-order valence-electron chi connectivity index (χ2n) is 3.10. The third-order valence-corrected chi connectivity index (χ3v) is 1.91. The van der Waals surface area contributed by atoms with Gasteiger partial charge in [0.15, 0.2) is 5.82 Å². The molecule has 1 N–H and O–H groups in total.